The molecule has 0 saturated carbocycles. The summed E-state index contributed by atoms with van der Waals surface area (Å²) < 4.78 is 0. The van der Waals surface area contributed by atoms with Gasteiger partial charge in [-0.05, 0) is 27.1 Å². The maximum Gasteiger partial charge on any atom is 0.256 e. The number of benzene rings is 1. The number of rotatable bonds is 6. The number of nitrogens with two attached hydrogens (primary N) is 1. The average Bonchev–Trinajstić information content (AvgIpc) is 2.52. The lowest BCUT2D eigenvalue weighted by Gasteiger charge is -2.10. The average molecular weight is 299 g/mol. The highest BCUT2D eigenvalue weighted by atomic mass is 16.1. The molecule has 2 aromatic rings. The first-order valence-corrected chi connectivity index (χ1v) is 7.19. The van der Waals surface area contributed by atoms with Gasteiger partial charge in [-0.1, -0.05) is 30.3 Å². The summed E-state index contributed by atoms with van der Waals surface area (Å²) in [6.07, 6.45) is 2.35. The van der Waals surface area contributed by atoms with Crippen LogP contribution in [0.15, 0.2) is 36.5 Å². The Morgan fingerprint density at radius 3 is 2.64 bits per heavy atom. The fourth-order valence-corrected chi connectivity index (χ4v) is 1.99. The number of anilines is 1. The first-order valence-electron chi connectivity index (χ1n) is 7.19. The molecular formula is C16H21N5O. The molecule has 0 aliphatic carbocycles. The highest BCUT2D eigenvalue weighted by Crippen LogP contribution is 2.17. The summed E-state index contributed by atoms with van der Waals surface area (Å²) in [7, 11) is 3.99. The van der Waals surface area contributed by atoms with E-state index in [-0.39, 0.29) is 11.7 Å². The van der Waals surface area contributed by atoms with Gasteiger partial charge in [0, 0.05) is 18.3 Å². The Morgan fingerprint density at radius 2 is 2.00 bits per heavy atom. The molecule has 0 radical (unpaired) electrons. The number of hydrogen-bond donors (Lipinski definition) is 2. The summed E-state index contributed by atoms with van der Waals surface area (Å²) in [6, 6.07) is 9.52. The molecule has 6 heteroatoms. The van der Waals surface area contributed by atoms with Gasteiger partial charge in [0.1, 0.15) is 5.82 Å². The summed E-state index contributed by atoms with van der Waals surface area (Å²) in [6.45, 7) is 1.51. The van der Waals surface area contributed by atoms with Crippen molar-refractivity contribution in [2.45, 2.75) is 6.42 Å². The van der Waals surface area contributed by atoms with Crippen molar-refractivity contribution >= 4 is 11.7 Å². The second-order valence-corrected chi connectivity index (χ2v) is 5.27. The molecule has 0 spiro atoms. The lowest BCUT2D eigenvalue weighted by atomic mass is 10.2. The fraction of sp³-hybridized carbons (Fsp3) is 0.312. The molecule has 0 aliphatic heterocycles. The van der Waals surface area contributed by atoms with Crippen LogP contribution in [0.3, 0.4) is 0 Å². The second-order valence-electron chi connectivity index (χ2n) is 5.27. The Morgan fingerprint density at radius 1 is 1.27 bits per heavy atom. The topological polar surface area (TPSA) is 84.1 Å². The molecule has 1 aromatic carbocycles. The Bertz CT molecular complexity index is 628. The molecule has 0 bridgehead atoms. The number of amides is 1. The van der Waals surface area contributed by atoms with Crippen LogP contribution in [0.1, 0.15) is 16.8 Å². The van der Waals surface area contributed by atoms with Gasteiger partial charge in [0.05, 0.1) is 5.56 Å². The molecule has 1 heterocycles. The van der Waals surface area contributed by atoms with Gasteiger partial charge in [-0.3, -0.25) is 4.79 Å². The Kier molecular flexibility index (Phi) is 5.43. The van der Waals surface area contributed by atoms with Gasteiger partial charge in [0.2, 0.25) is 0 Å². The highest BCUT2D eigenvalue weighted by Gasteiger charge is 2.12. The van der Waals surface area contributed by atoms with Gasteiger partial charge in [0.25, 0.3) is 5.91 Å². The minimum absolute atomic E-state index is 0.193. The van der Waals surface area contributed by atoms with Gasteiger partial charge in [-0.25, -0.2) is 9.97 Å². The third-order valence-corrected chi connectivity index (χ3v) is 3.16. The molecule has 1 aromatic heterocycles. The quantitative estimate of drug-likeness (QED) is 0.788. The van der Waals surface area contributed by atoms with Crippen LogP contribution in [0.25, 0.3) is 11.4 Å². The molecular weight excluding hydrogens is 278 g/mol. The highest BCUT2D eigenvalue weighted by molar-refractivity contribution is 5.98. The minimum atomic E-state index is -0.240. The standard InChI is InChI=1S/C16H21N5O/c1-21(2)10-6-9-18-16(22)13-11-19-15(20-14(13)17)12-7-4-3-5-8-12/h3-5,7-8,11H,6,9-10H2,1-2H3,(H,18,22)(H2,17,19,20). The first-order chi connectivity index (χ1) is 10.6. The zero-order chi connectivity index (χ0) is 15.9. The number of carbonyl (C=O) groups is 1. The molecule has 0 aliphatic rings. The molecule has 6 nitrogen and oxygen atoms in total. The zero-order valence-corrected chi connectivity index (χ0v) is 12.9. The van der Waals surface area contributed by atoms with Crippen LogP contribution in [-0.2, 0) is 0 Å². The van der Waals surface area contributed by atoms with Crippen molar-refractivity contribution in [1.29, 1.82) is 0 Å². The monoisotopic (exact) mass is 299 g/mol. The summed E-state index contributed by atoms with van der Waals surface area (Å²) >= 11 is 0. The third kappa shape index (κ3) is 4.26. The van der Waals surface area contributed by atoms with E-state index in [1.54, 1.807) is 0 Å². The number of aromatic nitrogens is 2. The van der Waals surface area contributed by atoms with E-state index in [0.717, 1.165) is 18.5 Å². The Hall–Kier alpha value is -2.47. The molecule has 1 amide bonds. The van der Waals surface area contributed by atoms with Crippen molar-refractivity contribution in [3.8, 4) is 11.4 Å². The molecule has 22 heavy (non-hydrogen) atoms. The van der Waals surface area contributed by atoms with E-state index in [1.807, 2.05) is 44.4 Å². The number of carbonyl (C=O) groups excluding carboxylic acids is 1. The predicted molar refractivity (Wildman–Crippen MR) is 87.4 cm³/mol. The van der Waals surface area contributed by atoms with Crippen LogP contribution in [0.4, 0.5) is 5.82 Å². The minimum Gasteiger partial charge on any atom is -0.383 e. The van der Waals surface area contributed by atoms with E-state index in [4.69, 9.17) is 5.73 Å². The van der Waals surface area contributed by atoms with E-state index in [1.165, 1.54) is 6.20 Å². The lowest BCUT2D eigenvalue weighted by Crippen LogP contribution is -2.28. The molecule has 0 unspecified atom stereocenters. The van der Waals surface area contributed by atoms with E-state index >= 15 is 0 Å². The summed E-state index contributed by atoms with van der Waals surface area (Å²) in [5.74, 6) is 0.470. The van der Waals surface area contributed by atoms with Crippen LogP contribution < -0.4 is 11.1 Å². The number of nitrogens with one attached hydrogen (secondary N) is 1. The SMILES string of the molecule is CN(C)CCCNC(=O)c1cnc(-c2ccccc2)nc1N. The van der Waals surface area contributed by atoms with Crippen molar-refractivity contribution in [3.63, 3.8) is 0 Å². The smallest absolute Gasteiger partial charge is 0.256 e. The number of nitrogens with zero attached hydrogens (tertiary/aromatic N) is 3. The van der Waals surface area contributed by atoms with Crippen molar-refractivity contribution < 1.29 is 4.79 Å². The summed E-state index contributed by atoms with van der Waals surface area (Å²) in [5, 5.41) is 2.83. The Labute approximate surface area is 130 Å². The first kappa shape index (κ1) is 15.9. The molecule has 2 rings (SSSR count). The molecule has 116 valence electrons. The van der Waals surface area contributed by atoms with Crippen LogP contribution in [0.2, 0.25) is 0 Å². The molecule has 0 saturated heterocycles. The van der Waals surface area contributed by atoms with Crippen LogP contribution in [0, 0.1) is 0 Å². The zero-order valence-electron chi connectivity index (χ0n) is 12.9. The third-order valence-electron chi connectivity index (χ3n) is 3.16. The fourth-order valence-electron chi connectivity index (χ4n) is 1.99. The van der Waals surface area contributed by atoms with Crippen LogP contribution in [0.5, 0.6) is 0 Å². The van der Waals surface area contributed by atoms with Crippen LogP contribution >= 0.6 is 0 Å². The van der Waals surface area contributed by atoms with E-state index in [0.29, 0.717) is 17.9 Å². The predicted octanol–water partition coefficient (Wildman–Crippen LogP) is 1.41. The van der Waals surface area contributed by atoms with E-state index in [9.17, 15) is 4.79 Å². The van der Waals surface area contributed by atoms with Gasteiger partial charge >= 0.3 is 0 Å². The van der Waals surface area contributed by atoms with Gasteiger partial charge in [-0.2, -0.15) is 0 Å². The van der Waals surface area contributed by atoms with Gasteiger partial charge in [-0.15, -0.1) is 0 Å². The van der Waals surface area contributed by atoms with Crippen molar-refractivity contribution in [1.82, 2.24) is 20.2 Å². The van der Waals surface area contributed by atoms with Crippen molar-refractivity contribution in [2.75, 3.05) is 32.9 Å². The number of hydrogen-bond acceptors (Lipinski definition) is 5. The van der Waals surface area contributed by atoms with E-state index in [2.05, 4.69) is 20.2 Å². The largest absolute Gasteiger partial charge is 0.383 e. The number of nitrogen functional groups attached to an aromatic ring is 1. The normalized spacial score (nSPS) is 10.7. The van der Waals surface area contributed by atoms with Crippen molar-refractivity contribution in [2.24, 2.45) is 0 Å². The maximum atomic E-state index is 12.1. The van der Waals surface area contributed by atoms with Gasteiger partial charge < -0.3 is 16.0 Å². The molecule has 3 N–H and O–H groups in total. The van der Waals surface area contributed by atoms with Gasteiger partial charge in [0.15, 0.2) is 5.82 Å². The molecule has 0 atom stereocenters. The maximum absolute atomic E-state index is 12.1. The second kappa shape index (κ2) is 7.51. The Balaban J connectivity index is 2.02. The summed E-state index contributed by atoms with van der Waals surface area (Å²) in [4.78, 5) is 22.6. The van der Waals surface area contributed by atoms with Crippen molar-refractivity contribution in [3.05, 3.63) is 42.1 Å². The summed E-state index contributed by atoms with van der Waals surface area (Å²) in [5.41, 5.74) is 7.07. The van der Waals surface area contributed by atoms with Crippen LogP contribution in [-0.4, -0.2) is 48.0 Å². The molecule has 0 fully saturated rings. The van der Waals surface area contributed by atoms with E-state index < -0.39 is 0 Å². The lowest BCUT2D eigenvalue weighted by molar-refractivity contribution is 0.0952.